The van der Waals surface area contributed by atoms with E-state index in [1.54, 1.807) is 0 Å². The van der Waals surface area contributed by atoms with Gasteiger partial charge in [-0.05, 0) is 25.5 Å². The third kappa shape index (κ3) is 3.80. The lowest BCUT2D eigenvalue weighted by molar-refractivity contribution is -0.120. The minimum Gasteiger partial charge on any atom is -0.355 e. The van der Waals surface area contributed by atoms with Crippen LogP contribution in [0.15, 0.2) is 33.9 Å². The van der Waals surface area contributed by atoms with Crippen LogP contribution in [-0.2, 0) is 4.79 Å². The smallest absolute Gasteiger partial charge is 0.233 e. The maximum atomic E-state index is 11.9. The first-order chi connectivity index (χ1) is 10.5. The molecule has 8 heteroatoms. The van der Waals surface area contributed by atoms with Crippen LogP contribution in [0.5, 0.6) is 0 Å². The molecule has 0 aliphatic rings. The van der Waals surface area contributed by atoms with Gasteiger partial charge in [0.15, 0.2) is 5.82 Å². The molecule has 0 bridgehead atoms. The Hall–Kier alpha value is -1.54. The Morgan fingerprint density at radius 2 is 2.18 bits per heavy atom. The number of rotatable bonds is 6. The van der Waals surface area contributed by atoms with Crippen molar-refractivity contribution in [1.29, 1.82) is 0 Å². The van der Waals surface area contributed by atoms with Gasteiger partial charge in [-0.3, -0.25) is 4.79 Å². The van der Waals surface area contributed by atoms with E-state index in [1.807, 2.05) is 38.1 Å². The van der Waals surface area contributed by atoms with E-state index in [0.29, 0.717) is 17.5 Å². The fourth-order valence-corrected chi connectivity index (χ4v) is 3.04. The number of hydrogen-bond donors (Lipinski definition) is 2. The second-order valence-electron chi connectivity index (χ2n) is 4.71. The number of nitrogen functional groups attached to an aromatic ring is 1. The number of nitrogens with one attached hydrogen (secondary N) is 1. The van der Waals surface area contributed by atoms with Gasteiger partial charge in [0.25, 0.3) is 0 Å². The van der Waals surface area contributed by atoms with E-state index in [1.165, 1.54) is 16.4 Å². The molecular formula is C14H18BrN5OS. The fraction of sp³-hybridized carbons (Fsp3) is 0.357. The fourth-order valence-electron chi connectivity index (χ4n) is 1.79. The minimum absolute atomic E-state index is 0.0303. The van der Waals surface area contributed by atoms with E-state index >= 15 is 0 Å². The molecule has 0 aliphatic heterocycles. The Balaban J connectivity index is 2.15. The van der Waals surface area contributed by atoms with Crippen molar-refractivity contribution in [2.24, 2.45) is 0 Å². The molecule has 1 aromatic heterocycles. The van der Waals surface area contributed by atoms with Crippen LogP contribution < -0.4 is 11.2 Å². The number of nitrogens with zero attached hydrogens (tertiary/aromatic N) is 3. The van der Waals surface area contributed by atoms with Gasteiger partial charge < -0.3 is 11.2 Å². The van der Waals surface area contributed by atoms with Gasteiger partial charge in [0.1, 0.15) is 0 Å². The standard InChI is InChI=1S/C14H18BrN5OS/c1-3-8-17-13(21)9(2)22-14-19-18-12(20(14)16)10-6-4-5-7-11(10)15/h4-7,9H,3,8,16H2,1-2H3,(H,17,21)/t9-/m0/s1. The maximum Gasteiger partial charge on any atom is 0.233 e. The molecule has 1 atom stereocenters. The molecule has 2 rings (SSSR count). The summed E-state index contributed by atoms with van der Waals surface area (Å²) in [6.45, 7) is 4.50. The van der Waals surface area contributed by atoms with Crippen LogP contribution in [0, 0.1) is 0 Å². The highest BCUT2D eigenvalue weighted by molar-refractivity contribution is 9.10. The van der Waals surface area contributed by atoms with Crippen molar-refractivity contribution in [1.82, 2.24) is 20.2 Å². The van der Waals surface area contributed by atoms with Gasteiger partial charge in [-0.1, -0.05) is 46.7 Å². The van der Waals surface area contributed by atoms with Crippen LogP contribution in [0.1, 0.15) is 20.3 Å². The maximum absolute atomic E-state index is 11.9. The first kappa shape index (κ1) is 16.8. The van der Waals surface area contributed by atoms with Gasteiger partial charge in [-0.25, -0.2) is 4.68 Å². The lowest BCUT2D eigenvalue weighted by Crippen LogP contribution is -2.31. The number of hydrogen-bond acceptors (Lipinski definition) is 5. The predicted molar refractivity (Wildman–Crippen MR) is 91.9 cm³/mol. The number of halogens is 1. The van der Waals surface area contributed by atoms with Crippen molar-refractivity contribution in [2.75, 3.05) is 12.4 Å². The number of benzene rings is 1. The van der Waals surface area contributed by atoms with Crippen LogP contribution >= 0.6 is 27.7 Å². The monoisotopic (exact) mass is 383 g/mol. The van der Waals surface area contributed by atoms with Gasteiger partial charge in [-0.2, -0.15) is 0 Å². The Morgan fingerprint density at radius 1 is 1.45 bits per heavy atom. The Kier molecular flexibility index (Phi) is 5.84. The summed E-state index contributed by atoms with van der Waals surface area (Å²) in [7, 11) is 0. The van der Waals surface area contributed by atoms with Crippen molar-refractivity contribution < 1.29 is 4.79 Å². The van der Waals surface area contributed by atoms with Crippen LogP contribution in [0.3, 0.4) is 0 Å². The van der Waals surface area contributed by atoms with Crippen LogP contribution in [0.4, 0.5) is 0 Å². The lowest BCUT2D eigenvalue weighted by Gasteiger charge is -2.11. The van der Waals surface area contributed by atoms with Gasteiger partial charge in [-0.15, -0.1) is 10.2 Å². The first-order valence-electron chi connectivity index (χ1n) is 6.94. The summed E-state index contributed by atoms with van der Waals surface area (Å²) in [5.41, 5.74) is 0.854. The highest BCUT2D eigenvalue weighted by Gasteiger charge is 2.20. The van der Waals surface area contributed by atoms with Crippen molar-refractivity contribution in [3.05, 3.63) is 28.7 Å². The zero-order valence-electron chi connectivity index (χ0n) is 12.4. The van der Waals surface area contributed by atoms with Crippen molar-refractivity contribution in [3.8, 4) is 11.4 Å². The van der Waals surface area contributed by atoms with Crippen LogP contribution in [0.25, 0.3) is 11.4 Å². The predicted octanol–water partition coefficient (Wildman–Crippen LogP) is 2.43. The summed E-state index contributed by atoms with van der Waals surface area (Å²) in [4.78, 5) is 11.9. The summed E-state index contributed by atoms with van der Waals surface area (Å²) >= 11 is 4.76. The molecule has 6 nitrogen and oxygen atoms in total. The van der Waals surface area contributed by atoms with Crippen molar-refractivity contribution in [3.63, 3.8) is 0 Å². The molecule has 1 amide bonds. The van der Waals surface area contributed by atoms with Crippen molar-refractivity contribution >= 4 is 33.6 Å². The highest BCUT2D eigenvalue weighted by atomic mass is 79.9. The quantitative estimate of drug-likeness (QED) is 0.590. The number of aromatic nitrogens is 3. The average molecular weight is 384 g/mol. The topological polar surface area (TPSA) is 85.8 Å². The van der Waals surface area contributed by atoms with E-state index in [4.69, 9.17) is 5.84 Å². The van der Waals surface area contributed by atoms with Gasteiger partial charge in [0.2, 0.25) is 11.1 Å². The highest BCUT2D eigenvalue weighted by Crippen LogP contribution is 2.29. The van der Waals surface area contributed by atoms with E-state index in [0.717, 1.165) is 16.5 Å². The molecule has 22 heavy (non-hydrogen) atoms. The van der Waals surface area contributed by atoms with E-state index in [2.05, 4.69) is 31.4 Å². The number of nitrogens with two attached hydrogens (primary N) is 1. The normalized spacial score (nSPS) is 12.1. The number of thioether (sulfide) groups is 1. The van der Waals surface area contributed by atoms with Gasteiger partial charge in [0.05, 0.1) is 5.25 Å². The van der Waals surface area contributed by atoms with Gasteiger partial charge >= 0.3 is 0 Å². The zero-order valence-corrected chi connectivity index (χ0v) is 14.8. The third-order valence-electron chi connectivity index (χ3n) is 2.98. The molecule has 0 aliphatic carbocycles. The Morgan fingerprint density at radius 3 is 2.86 bits per heavy atom. The van der Waals surface area contributed by atoms with Crippen molar-refractivity contribution in [2.45, 2.75) is 30.7 Å². The molecule has 2 aromatic rings. The zero-order chi connectivity index (χ0) is 16.1. The van der Waals surface area contributed by atoms with Crippen LogP contribution in [-0.4, -0.2) is 32.6 Å². The largest absolute Gasteiger partial charge is 0.355 e. The average Bonchev–Trinajstić information content (AvgIpc) is 2.86. The Labute approximate surface area is 142 Å². The molecule has 0 saturated carbocycles. The molecule has 1 aromatic carbocycles. The van der Waals surface area contributed by atoms with E-state index in [9.17, 15) is 4.79 Å². The number of carbonyl (C=O) groups is 1. The molecule has 118 valence electrons. The molecule has 3 N–H and O–H groups in total. The van der Waals surface area contributed by atoms with E-state index in [-0.39, 0.29) is 11.2 Å². The first-order valence-corrected chi connectivity index (χ1v) is 8.61. The van der Waals surface area contributed by atoms with Gasteiger partial charge in [0, 0.05) is 16.6 Å². The summed E-state index contributed by atoms with van der Waals surface area (Å²) in [5.74, 6) is 6.59. The summed E-state index contributed by atoms with van der Waals surface area (Å²) in [6, 6.07) is 7.64. The SMILES string of the molecule is CCCNC(=O)[C@H](C)Sc1nnc(-c2ccccc2Br)n1N. The molecule has 0 saturated heterocycles. The second kappa shape index (κ2) is 7.64. The second-order valence-corrected chi connectivity index (χ2v) is 6.87. The summed E-state index contributed by atoms with van der Waals surface area (Å²) < 4.78 is 2.30. The molecule has 1 heterocycles. The molecule has 0 radical (unpaired) electrons. The minimum atomic E-state index is -0.287. The lowest BCUT2D eigenvalue weighted by atomic mass is 10.2. The molecule has 0 unspecified atom stereocenters. The third-order valence-corrected chi connectivity index (χ3v) is 4.73. The summed E-state index contributed by atoms with van der Waals surface area (Å²) in [6.07, 6.45) is 0.905. The van der Waals surface area contributed by atoms with E-state index < -0.39 is 0 Å². The Bertz CT molecular complexity index is 660. The molecule has 0 fully saturated rings. The number of amides is 1. The number of carbonyl (C=O) groups excluding carboxylic acids is 1. The molecular weight excluding hydrogens is 366 g/mol. The summed E-state index contributed by atoms with van der Waals surface area (Å²) in [5, 5.41) is 11.3. The molecule has 0 spiro atoms. The van der Waals surface area contributed by atoms with Crippen LogP contribution in [0.2, 0.25) is 0 Å².